The van der Waals surface area contributed by atoms with E-state index in [1.54, 1.807) is 26.0 Å². The Morgan fingerprint density at radius 3 is 2.43 bits per heavy atom. The molecule has 1 saturated heterocycles. The van der Waals surface area contributed by atoms with Crippen LogP contribution in [-0.4, -0.2) is 43.6 Å². The molecule has 0 unspecified atom stereocenters. The molecule has 1 amide bonds. The van der Waals surface area contributed by atoms with Crippen LogP contribution in [0.4, 0.5) is 0 Å². The van der Waals surface area contributed by atoms with Crippen LogP contribution in [0.5, 0.6) is 0 Å². The molecule has 1 aromatic rings. The van der Waals surface area contributed by atoms with Crippen molar-refractivity contribution >= 4 is 15.7 Å². The minimum absolute atomic E-state index is 0.0512. The molecular formula is C17H26N2O3S. The van der Waals surface area contributed by atoms with E-state index in [4.69, 9.17) is 5.73 Å². The molecule has 128 valence electrons. The van der Waals surface area contributed by atoms with Gasteiger partial charge in [0, 0.05) is 24.7 Å². The van der Waals surface area contributed by atoms with Crippen LogP contribution >= 0.6 is 0 Å². The number of nitrogens with zero attached hydrogens (tertiary/aromatic N) is 1. The number of carbonyl (C=O) groups excluding carboxylic acids is 1. The first-order chi connectivity index (χ1) is 10.8. The maximum atomic E-state index is 12.7. The lowest BCUT2D eigenvalue weighted by Crippen LogP contribution is -2.51. The second-order valence-corrected chi connectivity index (χ2v) is 9.04. The van der Waals surface area contributed by atoms with Gasteiger partial charge < -0.3 is 10.6 Å². The first kappa shape index (κ1) is 17.9. The summed E-state index contributed by atoms with van der Waals surface area (Å²) in [5.74, 6) is 0.318. The highest BCUT2D eigenvalue weighted by molar-refractivity contribution is 7.92. The van der Waals surface area contributed by atoms with E-state index in [2.05, 4.69) is 6.92 Å². The summed E-state index contributed by atoms with van der Waals surface area (Å²) in [6, 6.07) is 6.30. The average molecular weight is 338 g/mol. The highest BCUT2D eigenvalue weighted by atomic mass is 32.2. The highest BCUT2D eigenvalue weighted by Crippen LogP contribution is 2.25. The Hall–Kier alpha value is -1.40. The largest absolute Gasteiger partial charge is 0.334 e. The smallest absolute Gasteiger partial charge is 0.254 e. The Balaban J connectivity index is 2.24. The molecule has 5 nitrogen and oxygen atoms in total. The molecule has 1 aliphatic heterocycles. The summed E-state index contributed by atoms with van der Waals surface area (Å²) in [5.41, 5.74) is 6.36. The molecule has 0 spiro atoms. The molecular weight excluding hydrogens is 312 g/mol. The van der Waals surface area contributed by atoms with E-state index < -0.39 is 15.1 Å². The zero-order valence-electron chi connectivity index (χ0n) is 14.0. The van der Waals surface area contributed by atoms with Crippen LogP contribution in [0.3, 0.4) is 0 Å². The first-order valence-corrected chi connectivity index (χ1v) is 9.68. The van der Waals surface area contributed by atoms with Crippen molar-refractivity contribution in [2.24, 2.45) is 11.7 Å². The van der Waals surface area contributed by atoms with E-state index in [9.17, 15) is 13.2 Å². The van der Waals surface area contributed by atoms with E-state index in [1.165, 1.54) is 12.1 Å². The van der Waals surface area contributed by atoms with E-state index in [-0.39, 0.29) is 16.8 Å². The van der Waals surface area contributed by atoms with E-state index in [0.29, 0.717) is 24.6 Å². The van der Waals surface area contributed by atoms with Gasteiger partial charge in [0.15, 0.2) is 9.84 Å². The van der Waals surface area contributed by atoms with Crippen molar-refractivity contribution in [3.05, 3.63) is 29.8 Å². The number of likely N-dealkylation sites (tertiary alicyclic amines) is 1. The molecule has 0 radical (unpaired) electrons. The van der Waals surface area contributed by atoms with Gasteiger partial charge in [-0.3, -0.25) is 4.79 Å². The molecule has 1 fully saturated rings. The molecule has 0 bridgehead atoms. The zero-order chi connectivity index (χ0) is 17.2. The number of amides is 1. The Morgan fingerprint density at radius 2 is 1.91 bits per heavy atom. The van der Waals surface area contributed by atoms with Gasteiger partial charge in [0.25, 0.3) is 5.91 Å². The van der Waals surface area contributed by atoms with E-state index >= 15 is 0 Å². The lowest BCUT2D eigenvalue weighted by molar-refractivity contribution is 0.0532. The van der Waals surface area contributed by atoms with E-state index in [0.717, 1.165) is 12.8 Å². The van der Waals surface area contributed by atoms with Gasteiger partial charge in [0.2, 0.25) is 0 Å². The second kappa shape index (κ2) is 7.01. The van der Waals surface area contributed by atoms with Crippen molar-refractivity contribution < 1.29 is 13.2 Å². The fourth-order valence-electron chi connectivity index (χ4n) is 3.09. The minimum atomic E-state index is -3.31. The summed E-state index contributed by atoms with van der Waals surface area (Å²) in [6.45, 7) is 6.57. The van der Waals surface area contributed by atoms with Crippen LogP contribution in [0.2, 0.25) is 0 Å². The number of rotatable bonds is 4. The number of hydrogen-bond donors (Lipinski definition) is 1. The van der Waals surface area contributed by atoms with Gasteiger partial charge >= 0.3 is 0 Å². The number of hydrogen-bond acceptors (Lipinski definition) is 4. The zero-order valence-corrected chi connectivity index (χ0v) is 14.8. The second-order valence-electron chi connectivity index (χ2n) is 6.54. The summed E-state index contributed by atoms with van der Waals surface area (Å²) in [5, 5.41) is -0.478. The fraction of sp³-hybridized carbons (Fsp3) is 0.588. The normalized spacial score (nSPS) is 22.4. The molecule has 0 aliphatic carbocycles. The van der Waals surface area contributed by atoms with Crippen LogP contribution in [0.1, 0.15) is 44.0 Å². The third-order valence-corrected chi connectivity index (χ3v) is 6.84. The summed E-state index contributed by atoms with van der Waals surface area (Å²) in [6.07, 6.45) is 2.06. The van der Waals surface area contributed by atoms with Crippen LogP contribution in [0, 0.1) is 5.92 Å². The van der Waals surface area contributed by atoms with Gasteiger partial charge in [0.1, 0.15) is 0 Å². The molecule has 1 aromatic carbocycles. The summed E-state index contributed by atoms with van der Waals surface area (Å²) in [4.78, 5) is 14.8. The third kappa shape index (κ3) is 3.58. The Labute approximate surface area is 138 Å². The summed E-state index contributed by atoms with van der Waals surface area (Å²) in [7, 11) is -3.31. The topological polar surface area (TPSA) is 80.5 Å². The standard InChI is InChI=1S/C17H26N2O3S/c1-12(2)23(21,22)15-8-6-14(7-9-15)17(20)19-10-4-5-13(3)16(19)11-18/h6-9,12-13,16H,4-5,10-11,18H2,1-3H3/t13-,16+/m0/s1. The quantitative estimate of drug-likeness (QED) is 0.911. The van der Waals surface area contributed by atoms with Crippen LogP contribution in [0.25, 0.3) is 0 Å². The van der Waals surface area contributed by atoms with Gasteiger partial charge in [-0.05, 0) is 56.9 Å². The van der Waals surface area contributed by atoms with Crippen molar-refractivity contribution in [1.82, 2.24) is 4.90 Å². The monoisotopic (exact) mass is 338 g/mol. The van der Waals surface area contributed by atoms with Crippen LogP contribution < -0.4 is 5.73 Å². The van der Waals surface area contributed by atoms with Gasteiger partial charge in [0.05, 0.1) is 10.1 Å². The first-order valence-electron chi connectivity index (χ1n) is 8.14. The molecule has 0 aromatic heterocycles. The number of sulfone groups is 1. The van der Waals surface area contributed by atoms with Crippen LogP contribution in [-0.2, 0) is 9.84 Å². The lowest BCUT2D eigenvalue weighted by Gasteiger charge is -2.39. The number of piperidine rings is 1. The predicted molar refractivity (Wildman–Crippen MR) is 91.0 cm³/mol. The average Bonchev–Trinajstić information content (AvgIpc) is 2.53. The lowest BCUT2D eigenvalue weighted by atomic mass is 9.90. The Bertz CT molecular complexity index is 653. The molecule has 2 N–H and O–H groups in total. The summed E-state index contributed by atoms with van der Waals surface area (Å²) < 4.78 is 24.3. The minimum Gasteiger partial charge on any atom is -0.334 e. The fourth-order valence-corrected chi connectivity index (χ4v) is 4.15. The van der Waals surface area contributed by atoms with Gasteiger partial charge in [-0.15, -0.1) is 0 Å². The van der Waals surface area contributed by atoms with Crippen LogP contribution in [0.15, 0.2) is 29.2 Å². The molecule has 23 heavy (non-hydrogen) atoms. The van der Waals surface area contributed by atoms with Crippen molar-refractivity contribution in [1.29, 1.82) is 0 Å². The number of carbonyl (C=O) groups is 1. The van der Waals surface area contributed by atoms with Gasteiger partial charge in [-0.1, -0.05) is 6.92 Å². The Kier molecular flexibility index (Phi) is 5.47. The van der Waals surface area contributed by atoms with Gasteiger partial charge in [-0.25, -0.2) is 8.42 Å². The van der Waals surface area contributed by atoms with E-state index in [1.807, 2.05) is 4.90 Å². The number of benzene rings is 1. The van der Waals surface area contributed by atoms with Gasteiger partial charge in [-0.2, -0.15) is 0 Å². The highest BCUT2D eigenvalue weighted by Gasteiger charge is 2.31. The van der Waals surface area contributed by atoms with Crippen molar-refractivity contribution in [3.63, 3.8) is 0 Å². The number of nitrogens with two attached hydrogens (primary N) is 1. The molecule has 2 atom stereocenters. The predicted octanol–water partition coefficient (Wildman–Crippen LogP) is 2.07. The molecule has 6 heteroatoms. The third-order valence-electron chi connectivity index (χ3n) is 4.67. The Morgan fingerprint density at radius 1 is 1.30 bits per heavy atom. The molecule has 2 rings (SSSR count). The molecule has 0 saturated carbocycles. The maximum absolute atomic E-state index is 12.7. The van der Waals surface area contributed by atoms with Crippen molar-refractivity contribution in [2.45, 2.75) is 49.8 Å². The maximum Gasteiger partial charge on any atom is 0.254 e. The van der Waals surface area contributed by atoms with Crippen molar-refractivity contribution in [2.75, 3.05) is 13.1 Å². The SMILES string of the molecule is CC(C)S(=O)(=O)c1ccc(C(=O)N2CCC[C@H](C)[C@H]2CN)cc1. The summed E-state index contributed by atoms with van der Waals surface area (Å²) >= 11 is 0. The van der Waals surface area contributed by atoms with Crippen molar-refractivity contribution in [3.8, 4) is 0 Å². The molecule has 1 heterocycles. The molecule has 1 aliphatic rings.